The van der Waals surface area contributed by atoms with E-state index in [0.717, 1.165) is 16.8 Å². The molecular weight excluding hydrogens is 434 g/mol. The summed E-state index contributed by atoms with van der Waals surface area (Å²) >= 11 is 0. The van der Waals surface area contributed by atoms with Crippen molar-refractivity contribution >= 4 is 11.6 Å². The van der Waals surface area contributed by atoms with Crippen LogP contribution in [-0.2, 0) is 13.2 Å². The van der Waals surface area contributed by atoms with Crippen LogP contribution in [0.1, 0.15) is 32.9 Å². The molecule has 2 heterocycles. The number of hydrogen-bond acceptors (Lipinski definition) is 7. The van der Waals surface area contributed by atoms with Crippen molar-refractivity contribution in [3.63, 3.8) is 0 Å². The van der Waals surface area contributed by atoms with Gasteiger partial charge in [0.05, 0.1) is 23.9 Å². The summed E-state index contributed by atoms with van der Waals surface area (Å²) in [7, 11) is 1.57. The van der Waals surface area contributed by atoms with Gasteiger partial charge < -0.3 is 24.1 Å². The average Bonchev–Trinajstić information content (AvgIpc) is 3.19. The lowest BCUT2D eigenvalue weighted by molar-refractivity contribution is 0.102. The van der Waals surface area contributed by atoms with Gasteiger partial charge in [0.2, 0.25) is 0 Å². The number of benzene rings is 2. The molecule has 0 spiro atoms. The maximum atomic E-state index is 13.1. The molecule has 2 aromatic carbocycles. The summed E-state index contributed by atoms with van der Waals surface area (Å²) in [5.74, 6) is 1.93. The molecule has 0 saturated heterocycles. The lowest BCUT2D eigenvalue weighted by Gasteiger charge is -2.14. The van der Waals surface area contributed by atoms with E-state index in [1.807, 2.05) is 32.0 Å². The first kappa shape index (κ1) is 22.8. The molecule has 1 amide bonds. The SMILES string of the molecule is COc1ccc(NC(=O)c2ccccc2OCc2c(C)noc2C)cc1OCc1ccncc1. The van der Waals surface area contributed by atoms with Gasteiger partial charge in [-0.05, 0) is 55.8 Å². The van der Waals surface area contributed by atoms with Crippen molar-refractivity contribution in [3.05, 3.63) is 95.1 Å². The molecule has 0 aliphatic rings. The maximum absolute atomic E-state index is 13.1. The quantitative estimate of drug-likeness (QED) is 0.372. The zero-order valence-corrected chi connectivity index (χ0v) is 19.2. The molecule has 1 N–H and O–H groups in total. The Hall–Kier alpha value is -4.33. The Kier molecular flexibility index (Phi) is 7.07. The second-order valence-electron chi connectivity index (χ2n) is 7.55. The van der Waals surface area contributed by atoms with E-state index in [1.165, 1.54) is 0 Å². The summed E-state index contributed by atoms with van der Waals surface area (Å²) in [5, 5.41) is 6.85. The van der Waals surface area contributed by atoms with Crippen molar-refractivity contribution in [2.45, 2.75) is 27.1 Å². The van der Waals surface area contributed by atoms with Gasteiger partial charge in [-0.2, -0.15) is 0 Å². The number of carbonyl (C=O) groups is 1. The minimum atomic E-state index is -0.306. The van der Waals surface area contributed by atoms with Crippen molar-refractivity contribution in [2.75, 3.05) is 12.4 Å². The number of nitrogens with zero attached hydrogens (tertiary/aromatic N) is 2. The Morgan fingerprint density at radius 2 is 1.71 bits per heavy atom. The third-order valence-corrected chi connectivity index (χ3v) is 5.25. The van der Waals surface area contributed by atoms with Crippen LogP contribution in [0.15, 0.2) is 71.5 Å². The molecule has 0 aliphatic carbocycles. The second-order valence-corrected chi connectivity index (χ2v) is 7.55. The molecule has 174 valence electrons. The van der Waals surface area contributed by atoms with Crippen molar-refractivity contribution in [2.24, 2.45) is 0 Å². The molecule has 34 heavy (non-hydrogen) atoms. The smallest absolute Gasteiger partial charge is 0.259 e. The number of aromatic nitrogens is 2. The number of amides is 1. The molecule has 8 heteroatoms. The highest BCUT2D eigenvalue weighted by Gasteiger charge is 2.16. The molecule has 0 radical (unpaired) electrons. The number of pyridine rings is 1. The van der Waals surface area contributed by atoms with Crippen LogP contribution in [-0.4, -0.2) is 23.2 Å². The Bertz CT molecular complexity index is 1250. The van der Waals surface area contributed by atoms with Crippen molar-refractivity contribution in [1.29, 1.82) is 0 Å². The summed E-state index contributed by atoms with van der Waals surface area (Å²) in [6, 6.07) is 16.0. The Morgan fingerprint density at radius 1 is 0.941 bits per heavy atom. The van der Waals surface area contributed by atoms with Crippen LogP contribution in [0.3, 0.4) is 0 Å². The number of rotatable bonds is 9. The number of methoxy groups -OCH3 is 1. The van der Waals surface area contributed by atoms with Gasteiger partial charge in [0.15, 0.2) is 11.5 Å². The summed E-state index contributed by atoms with van der Waals surface area (Å²) < 4.78 is 22.4. The van der Waals surface area contributed by atoms with Crippen molar-refractivity contribution in [3.8, 4) is 17.2 Å². The van der Waals surface area contributed by atoms with E-state index in [-0.39, 0.29) is 12.5 Å². The summed E-state index contributed by atoms with van der Waals surface area (Å²) in [4.78, 5) is 17.1. The second kappa shape index (κ2) is 10.5. The Balaban J connectivity index is 1.48. The third kappa shape index (κ3) is 5.35. The van der Waals surface area contributed by atoms with Gasteiger partial charge in [-0.3, -0.25) is 9.78 Å². The predicted molar refractivity (Wildman–Crippen MR) is 126 cm³/mol. The third-order valence-electron chi connectivity index (χ3n) is 5.25. The Labute approximate surface area is 197 Å². The molecule has 4 aromatic rings. The van der Waals surface area contributed by atoms with Crippen LogP contribution in [0, 0.1) is 13.8 Å². The van der Waals surface area contributed by atoms with E-state index in [1.54, 1.807) is 55.9 Å². The normalized spacial score (nSPS) is 10.6. The zero-order chi connectivity index (χ0) is 23.9. The largest absolute Gasteiger partial charge is 0.493 e. The van der Waals surface area contributed by atoms with E-state index in [9.17, 15) is 4.79 Å². The number of anilines is 1. The Morgan fingerprint density at radius 3 is 2.44 bits per heavy atom. The highest BCUT2D eigenvalue weighted by molar-refractivity contribution is 6.06. The fraction of sp³-hybridized carbons (Fsp3) is 0.192. The van der Waals surface area contributed by atoms with Crippen LogP contribution in [0.4, 0.5) is 5.69 Å². The van der Waals surface area contributed by atoms with Gasteiger partial charge in [0.1, 0.15) is 24.7 Å². The van der Waals surface area contributed by atoms with Gasteiger partial charge in [0.25, 0.3) is 5.91 Å². The van der Waals surface area contributed by atoms with E-state index in [2.05, 4.69) is 15.5 Å². The van der Waals surface area contributed by atoms with Gasteiger partial charge in [-0.25, -0.2) is 0 Å². The molecule has 0 aliphatic heterocycles. The number of ether oxygens (including phenoxy) is 3. The van der Waals surface area contributed by atoms with Crippen LogP contribution in [0.2, 0.25) is 0 Å². The van der Waals surface area contributed by atoms with Gasteiger partial charge >= 0.3 is 0 Å². The van der Waals surface area contributed by atoms with E-state index in [0.29, 0.717) is 40.9 Å². The van der Waals surface area contributed by atoms with Crippen LogP contribution >= 0.6 is 0 Å². The van der Waals surface area contributed by atoms with Gasteiger partial charge in [-0.1, -0.05) is 17.3 Å². The van der Waals surface area contributed by atoms with Gasteiger partial charge in [0, 0.05) is 24.1 Å². The summed E-state index contributed by atoms with van der Waals surface area (Å²) in [6.07, 6.45) is 3.41. The van der Waals surface area contributed by atoms with E-state index in [4.69, 9.17) is 18.7 Å². The fourth-order valence-electron chi connectivity index (χ4n) is 3.34. The zero-order valence-electron chi connectivity index (χ0n) is 19.2. The fourth-order valence-corrected chi connectivity index (χ4v) is 3.34. The molecule has 0 bridgehead atoms. The number of carbonyl (C=O) groups excluding carboxylic acids is 1. The van der Waals surface area contributed by atoms with Gasteiger partial charge in [-0.15, -0.1) is 0 Å². The molecule has 0 unspecified atom stereocenters. The number of aryl methyl sites for hydroxylation is 2. The summed E-state index contributed by atoms with van der Waals surface area (Å²) in [6.45, 7) is 4.27. The van der Waals surface area contributed by atoms with Crippen molar-refractivity contribution < 1.29 is 23.5 Å². The van der Waals surface area contributed by atoms with Crippen LogP contribution in [0.5, 0.6) is 17.2 Å². The lowest BCUT2D eigenvalue weighted by atomic mass is 10.1. The minimum Gasteiger partial charge on any atom is -0.493 e. The molecular formula is C26H25N3O5. The molecule has 2 aromatic heterocycles. The highest BCUT2D eigenvalue weighted by Crippen LogP contribution is 2.31. The summed E-state index contributed by atoms with van der Waals surface area (Å²) in [5.41, 5.74) is 3.56. The predicted octanol–water partition coefficient (Wildman–Crippen LogP) is 5.11. The molecule has 4 rings (SSSR count). The molecule has 0 saturated carbocycles. The highest BCUT2D eigenvalue weighted by atomic mass is 16.5. The first-order valence-corrected chi connectivity index (χ1v) is 10.7. The standard InChI is InChI=1S/C26H25N3O5/c1-17-22(18(2)34-29-17)16-33-23-7-5-4-6-21(23)26(30)28-20-8-9-24(31-3)25(14-20)32-15-19-10-12-27-13-11-19/h4-14H,15-16H2,1-3H3,(H,28,30). The molecule has 0 atom stereocenters. The maximum Gasteiger partial charge on any atom is 0.259 e. The number of hydrogen-bond donors (Lipinski definition) is 1. The first-order valence-electron chi connectivity index (χ1n) is 10.7. The first-order chi connectivity index (χ1) is 16.5. The number of para-hydroxylation sites is 1. The van der Waals surface area contributed by atoms with Crippen LogP contribution in [0.25, 0.3) is 0 Å². The molecule has 8 nitrogen and oxygen atoms in total. The van der Waals surface area contributed by atoms with E-state index < -0.39 is 0 Å². The molecule has 0 fully saturated rings. The minimum absolute atomic E-state index is 0.251. The monoisotopic (exact) mass is 459 g/mol. The van der Waals surface area contributed by atoms with Crippen molar-refractivity contribution in [1.82, 2.24) is 10.1 Å². The lowest BCUT2D eigenvalue weighted by Crippen LogP contribution is -2.14. The topological polar surface area (TPSA) is 95.7 Å². The average molecular weight is 460 g/mol. The number of nitrogens with one attached hydrogen (secondary N) is 1. The van der Waals surface area contributed by atoms with Crippen LogP contribution < -0.4 is 19.5 Å². The van der Waals surface area contributed by atoms with E-state index >= 15 is 0 Å².